The van der Waals surface area contributed by atoms with E-state index in [0.717, 1.165) is 10.3 Å². The number of nitro groups is 1. The van der Waals surface area contributed by atoms with Crippen molar-refractivity contribution in [1.29, 1.82) is 0 Å². The molecule has 1 atom stereocenters. The maximum Gasteiger partial charge on any atom is 0.358 e. The first-order valence-electron chi connectivity index (χ1n) is 9.07. The van der Waals surface area contributed by atoms with Gasteiger partial charge in [0.05, 0.1) is 16.8 Å². The zero-order valence-electron chi connectivity index (χ0n) is 16.3. The van der Waals surface area contributed by atoms with Gasteiger partial charge in [-0.2, -0.15) is 5.10 Å². The van der Waals surface area contributed by atoms with Gasteiger partial charge in [-0.1, -0.05) is 25.1 Å². The van der Waals surface area contributed by atoms with Gasteiger partial charge in [-0.15, -0.1) is 0 Å². The summed E-state index contributed by atoms with van der Waals surface area (Å²) >= 11 is 0. The Kier molecular flexibility index (Phi) is 5.74. The van der Waals surface area contributed by atoms with Gasteiger partial charge < -0.3 is 4.74 Å². The summed E-state index contributed by atoms with van der Waals surface area (Å²) in [6, 6.07) is 9.17. The molecule has 2 heterocycles. The Morgan fingerprint density at radius 1 is 1.24 bits per heavy atom. The molecule has 0 N–H and O–H groups in total. The van der Waals surface area contributed by atoms with Gasteiger partial charge in [0.15, 0.2) is 0 Å². The van der Waals surface area contributed by atoms with Crippen LogP contribution in [0.3, 0.4) is 0 Å². The fraction of sp³-hybridized carbons (Fsp3) is 0.316. The third kappa shape index (κ3) is 3.61. The molecule has 3 rings (SSSR count). The summed E-state index contributed by atoms with van der Waals surface area (Å²) in [6.45, 7) is 3.52. The molecule has 0 fully saturated rings. The predicted molar refractivity (Wildman–Crippen MR) is 106 cm³/mol. The number of hydrogen-bond acceptors (Lipinski definition) is 6. The van der Waals surface area contributed by atoms with E-state index in [1.165, 1.54) is 29.5 Å². The summed E-state index contributed by atoms with van der Waals surface area (Å²) < 4.78 is 8.62. The van der Waals surface area contributed by atoms with E-state index in [0.29, 0.717) is 12.0 Å². The smallest absolute Gasteiger partial charge is 0.358 e. The second-order valence-electron chi connectivity index (χ2n) is 6.41. The van der Waals surface area contributed by atoms with Crippen molar-refractivity contribution in [2.24, 2.45) is 0 Å². The normalized spacial score (nSPS) is 12.1. The number of nitrogens with zero attached hydrogens (tertiary/aromatic N) is 5. The molecule has 0 aliphatic heterocycles. The summed E-state index contributed by atoms with van der Waals surface area (Å²) in [7, 11) is 1.32. The average molecular weight is 399 g/mol. The number of ether oxygens (including phenoxy) is 1. The Balaban J connectivity index is 2.34. The number of aromatic nitrogens is 4. The second-order valence-corrected chi connectivity index (χ2v) is 6.41. The summed E-state index contributed by atoms with van der Waals surface area (Å²) in [5, 5.41) is 16.1. The van der Waals surface area contributed by atoms with Crippen molar-refractivity contribution in [3.05, 3.63) is 73.7 Å². The van der Waals surface area contributed by atoms with Crippen LogP contribution in [0.15, 0.2) is 52.3 Å². The zero-order valence-corrected chi connectivity index (χ0v) is 16.3. The monoisotopic (exact) mass is 399 g/mol. The zero-order chi connectivity index (χ0) is 21.1. The van der Waals surface area contributed by atoms with Crippen LogP contribution in [0.4, 0.5) is 5.69 Å². The molecule has 0 spiro atoms. The van der Waals surface area contributed by atoms with Crippen molar-refractivity contribution in [3.8, 4) is 16.9 Å². The summed E-state index contributed by atoms with van der Waals surface area (Å²) in [4.78, 5) is 37.0. The molecule has 2 aromatic heterocycles. The van der Waals surface area contributed by atoms with Gasteiger partial charge in [-0.05, 0) is 25.5 Å². The third-order valence-corrected chi connectivity index (χ3v) is 4.56. The van der Waals surface area contributed by atoms with Crippen LogP contribution in [0.5, 0.6) is 0 Å². The van der Waals surface area contributed by atoms with Gasteiger partial charge in [-0.3, -0.25) is 19.5 Å². The molecule has 0 amide bonds. The molecule has 0 bridgehead atoms. The third-order valence-electron chi connectivity index (χ3n) is 4.56. The number of benzene rings is 1. The Hall–Kier alpha value is -3.53. The standard InChI is InChI=1S/C19H21N5O5/c1-4-10-21-16(14-11-20-22(12-14)15-8-6-5-7-9-15)17(24(27)28)18(25)23(19(21)26)13(2)29-3/h5-9,11-13H,4,10H2,1-3H3. The van der Waals surface area contributed by atoms with E-state index in [4.69, 9.17) is 4.74 Å². The van der Waals surface area contributed by atoms with Crippen molar-refractivity contribution in [2.45, 2.75) is 33.0 Å². The quantitative estimate of drug-likeness (QED) is 0.445. The van der Waals surface area contributed by atoms with Crippen molar-refractivity contribution >= 4 is 5.69 Å². The molecule has 0 aliphatic rings. The maximum atomic E-state index is 13.0. The minimum atomic E-state index is -1.01. The summed E-state index contributed by atoms with van der Waals surface area (Å²) in [5.41, 5.74) is -1.38. The highest BCUT2D eigenvalue weighted by Gasteiger charge is 2.31. The lowest BCUT2D eigenvalue weighted by Crippen LogP contribution is -2.43. The van der Waals surface area contributed by atoms with Crippen molar-refractivity contribution in [2.75, 3.05) is 7.11 Å². The van der Waals surface area contributed by atoms with Gasteiger partial charge in [0, 0.05) is 25.4 Å². The first kappa shape index (κ1) is 20.2. The molecule has 0 aliphatic carbocycles. The highest BCUT2D eigenvalue weighted by atomic mass is 16.6. The van der Waals surface area contributed by atoms with E-state index < -0.39 is 28.1 Å². The molecule has 0 saturated heterocycles. The van der Waals surface area contributed by atoms with E-state index in [1.807, 2.05) is 37.3 Å². The Morgan fingerprint density at radius 3 is 2.52 bits per heavy atom. The van der Waals surface area contributed by atoms with E-state index in [1.54, 1.807) is 6.20 Å². The molecular formula is C19H21N5O5. The maximum absolute atomic E-state index is 13.0. The van der Waals surface area contributed by atoms with Gasteiger partial charge in [-0.25, -0.2) is 14.0 Å². The molecule has 1 aromatic carbocycles. The van der Waals surface area contributed by atoms with E-state index in [-0.39, 0.29) is 12.2 Å². The highest BCUT2D eigenvalue weighted by Crippen LogP contribution is 2.27. The molecule has 10 nitrogen and oxygen atoms in total. The Bertz CT molecular complexity index is 1150. The van der Waals surface area contributed by atoms with Crippen LogP contribution in [0.2, 0.25) is 0 Å². The van der Waals surface area contributed by atoms with Crippen LogP contribution in [0, 0.1) is 10.1 Å². The molecule has 0 saturated carbocycles. The van der Waals surface area contributed by atoms with Gasteiger partial charge >= 0.3 is 16.9 Å². The fourth-order valence-corrected chi connectivity index (χ4v) is 3.14. The van der Waals surface area contributed by atoms with E-state index >= 15 is 0 Å². The van der Waals surface area contributed by atoms with Crippen molar-refractivity contribution < 1.29 is 9.66 Å². The number of rotatable bonds is 7. The minimum Gasteiger partial charge on any atom is -0.361 e. The Morgan fingerprint density at radius 2 is 1.93 bits per heavy atom. The van der Waals surface area contributed by atoms with Crippen LogP contribution in [0.1, 0.15) is 26.5 Å². The number of methoxy groups -OCH3 is 1. The lowest BCUT2D eigenvalue weighted by Gasteiger charge is -2.17. The molecule has 1 unspecified atom stereocenters. The minimum absolute atomic E-state index is 0.0615. The van der Waals surface area contributed by atoms with E-state index in [2.05, 4.69) is 5.10 Å². The predicted octanol–water partition coefficient (Wildman–Crippen LogP) is 2.35. The van der Waals surface area contributed by atoms with Crippen LogP contribution in [-0.4, -0.2) is 30.9 Å². The molecule has 0 radical (unpaired) electrons. The Labute approximate surface area is 165 Å². The molecule has 10 heteroatoms. The molecule has 152 valence electrons. The van der Waals surface area contributed by atoms with Crippen LogP contribution >= 0.6 is 0 Å². The van der Waals surface area contributed by atoms with Gasteiger partial charge in [0.1, 0.15) is 11.9 Å². The first-order chi connectivity index (χ1) is 13.9. The lowest BCUT2D eigenvalue weighted by atomic mass is 10.2. The topological polar surface area (TPSA) is 114 Å². The largest absolute Gasteiger partial charge is 0.361 e. The SMILES string of the molecule is CCCn1c(-c2cnn(-c3ccccc3)c2)c([N+](=O)[O-])c(=O)n(C(C)OC)c1=O. The van der Waals surface area contributed by atoms with E-state index in [9.17, 15) is 19.7 Å². The second kappa shape index (κ2) is 8.23. The number of hydrogen-bond donors (Lipinski definition) is 0. The van der Waals surface area contributed by atoms with Gasteiger partial charge in [0.25, 0.3) is 0 Å². The van der Waals surface area contributed by atoms with Crippen LogP contribution < -0.4 is 11.2 Å². The lowest BCUT2D eigenvalue weighted by molar-refractivity contribution is -0.386. The first-order valence-corrected chi connectivity index (χ1v) is 9.07. The van der Waals surface area contributed by atoms with Crippen molar-refractivity contribution in [3.63, 3.8) is 0 Å². The molecule has 3 aromatic rings. The van der Waals surface area contributed by atoms with Crippen LogP contribution in [0.25, 0.3) is 16.9 Å². The van der Waals surface area contributed by atoms with Gasteiger partial charge in [0.2, 0.25) is 0 Å². The van der Waals surface area contributed by atoms with Crippen LogP contribution in [-0.2, 0) is 11.3 Å². The average Bonchev–Trinajstić information content (AvgIpc) is 3.20. The summed E-state index contributed by atoms with van der Waals surface area (Å²) in [5.74, 6) is 0. The molecular weight excluding hydrogens is 378 g/mol. The number of para-hydroxylation sites is 1. The highest BCUT2D eigenvalue weighted by molar-refractivity contribution is 5.68. The molecule has 29 heavy (non-hydrogen) atoms. The van der Waals surface area contributed by atoms with Crippen molar-refractivity contribution in [1.82, 2.24) is 18.9 Å². The summed E-state index contributed by atoms with van der Waals surface area (Å²) in [6.07, 6.45) is 2.56. The fourth-order valence-electron chi connectivity index (χ4n) is 3.14.